The highest BCUT2D eigenvalue weighted by Crippen LogP contribution is 2.22. The van der Waals surface area contributed by atoms with Crippen molar-refractivity contribution in [1.82, 2.24) is 20.5 Å². The minimum absolute atomic E-state index is 0.239. The summed E-state index contributed by atoms with van der Waals surface area (Å²) in [6, 6.07) is 10.3. The monoisotopic (exact) mass is 421 g/mol. The van der Waals surface area contributed by atoms with Gasteiger partial charge in [0, 0.05) is 31.6 Å². The molecule has 0 radical (unpaired) electrons. The molecular weight excluding hydrogens is 390 g/mol. The SMILES string of the molecule is CCNC(=NCc1cc(C(CC)CC)no1)NCCNS(=O)(=O)c1ccccc1. The fraction of sp³-hybridized carbons (Fsp3) is 0.500. The third-order valence-electron chi connectivity index (χ3n) is 4.48. The molecule has 2 rings (SSSR count). The van der Waals surface area contributed by atoms with Crippen molar-refractivity contribution in [1.29, 1.82) is 0 Å². The van der Waals surface area contributed by atoms with Crippen LogP contribution in [0.3, 0.4) is 0 Å². The van der Waals surface area contributed by atoms with Crippen LogP contribution in [0, 0.1) is 0 Å². The number of aliphatic imine (C=N–C) groups is 1. The highest BCUT2D eigenvalue weighted by Gasteiger charge is 2.13. The van der Waals surface area contributed by atoms with Crippen LogP contribution in [0.5, 0.6) is 0 Å². The van der Waals surface area contributed by atoms with E-state index in [4.69, 9.17) is 4.52 Å². The van der Waals surface area contributed by atoms with Crippen LogP contribution in [0.25, 0.3) is 0 Å². The lowest BCUT2D eigenvalue weighted by Crippen LogP contribution is -2.41. The molecular formula is C20H31N5O3S. The summed E-state index contributed by atoms with van der Waals surface area (Å²) in [5.74, 6) is 1.70. The van der Waals surface area contributed by atoms with E-state index < -0.39 is 10.0 Å². The van der Waals surface area contributed by atoms with Crippen LogP contribution in [-0.4, -0.2) is 39.2 Å². The Morgan fingerprint density at radius 3 is 2.48 bits per heavy atom. The van der Waals surface area contributed by atoms with Gasteiger partial charge in [0.1, 0.15) is 6.54 Å². The van der Waals surface area contributed by atoms with E-state index in [1.165, 1.54) is 0 Å². The Labute approximate surface area is 173 Å². The summed E-state index contributed by atoms with van der Waals surface area (Å²) in [6.45, 7) is 7.93. The summed E-state index contributed by atoms with van der Waals surface area (Å²) < 4.78 is 32.4. The first kappa shape index (κ1) is 22.9. The second-order valence-corrected chi connectivity index (χ2v) is 8.33. The average molecular weight is 422 g/mol. The van der Waals surface area contributed by atoms with Crippen molar-refractivity contribution in [3.63, 3.8) is 0 Å². The molecule has 0 fully saturated rings. The summed E-state index contributed by atoms with van der Waals surface area (Å²) in [6.07, 6.45) is 2.05. The molecule has 0 saturated carbocycles. The number of nitrogens with one attached hydrogen (secondary N) is 3. The van der Waals surface area contributed by atoms with E-state index in [2.05, 4.69) is 39.4 Å². The Kier molecular flexibility index (Phi) is 9.14. The molecule has 3 N–H and O–H groups in total. The molecule has 160 valence electrons. The maximum atomic E-state index is 12.2. The second-order valence-electron chi connectivity index (χ2n) is 6.56. The highest BCUT2D eigenvalue weighted by atomic mass is 32.2. The van der Waals surface area contributed by atoms with E-state index in [0.717, 1.165) is 18.5 Å². The topological polar surface area (TPSA) is 109 Å². The molecule has 0 aliphatic carbocycles. The lowest BCUT2D eigenvalue weighted by atomic mass is 9.99. The highest BCUT2D eigenvalue weighted by molar-refractivity contribution is 7.89. The molecule has 8 nitrogen and oxygen atoms in total. The average Bonchev–Trinajstić information content (AvgIpc) is 3.19. The quantitative estimate of drug-likeness (QED) is 0.292. The molecule has 0 aliphatic heterocycles. The zero-order chi connectivity index (χ0) is 21.1. The minimum atomic E-state index is -3.51. The standard InChI is InChI=1S/C20H31N5O3S/c1-4-16(5-2)19-14-17(28-25-19)15-23-20(21-6-3)22-12-13-24-29(26,27)18-10-8-7-9-11-18/h7-11,14,16,24H,4-6,12-13,15H2,1-3H3,(H2,21,22,23). The van der Waals surface area contributed by atoms with Crippen LogP contribution in [0.2, 0.25) is 0 Å². The summed E-state index contributed by atoms with van der Waals surface area (Å²) in [7, 11) is -3.51. The first-order chi connectivity index (χ1) is 14.0. The van der Waals surface area contributed by atoms with Crippen LogP contribution < -0.4 is 15.4 Å². The van der Waals surface area contributed by atoms with Crippen molar-refractivity contribution in [2.75, 3.05) is 19.6 Å². The molecule has 0 amide bonds. The molecule has 0 unspecified atom stereocenters. The number of rotatable bonds is 11. The molecule has 0 saturated heterocycles. The van der Waals surface area contributed by atoms with Crippen molar-refractivity contribution < 1.29 is 12.9 Å². The normalized spacial score (nSPS) is 12.3. The molecule has 1 aromatic carbocycles. The minimum Gasteiger partial charge on any atom is -0.359 e. The number of guanidine groups is 1. The molecule has 0 bridgehead atoms. The van der Waals surface area contributed by atoms with Crippen molar-refractivity contribution >= 4 is 16.0 Å². The summed E-state index contributed by atoms with van der Waals surface area (Å²) in [5, 5.41) is 10.4. The summed E-state index contributed by atoms with van der Waals surface area (Å²) in [5.41, 5.74) is 0.966. The zero-order valence-electron chi connectivity index (χ0n) is 17.3. The largest absolute Gasteiger partial charge is 0.359 e. The molecule has 9 heteroatoms. The van der Waals surface area contributed by atoms with Gasteiger partial charge in [-0.1, -0.05) is 37.2 Å². The van der Waals surface area contributed by atoms with Gasteiger partial charge in [-0.15, -0.1) is 0 Å². The van der Waals surface area contributed by atoms with Gasteiger partial charge in [-0.2, -0.15) is 0 Å². The van der Waals surface area contributed by atoms with Gasteiger partial charge in [0.15, 0.2) is 11.7 Å². The molecule has 1 heterocycles. The van der Waals surface area contributed by atoms with Crippen molar-refractivity contribution in [2.24, 2.45) is 4.99 Å². The van der Waals surface area contributed by atoms with Crippen LogP contribution in [0.1, 0.15) is 51.0 Å². The second kappa shape index (κ2) is 11.6. The molecule has 0 spiro atoms. The zero-order valence-corrected chi connectivity index (χ0v) is 18.1. The predicted molar refractivity (Wildman–Crippen MR) is 114 cm³/mol. The fourth-order valence-corrected chi connectivity index (χ4v) is 3.90. The van der Waals surface area contributed by atoms with E-state index >= 15 is 0 Å². The van der Waals surface area contributed by atoms with Crippen molar-refractivity contribution in [3.8, 4) is 0 Å². The van der Waals surface area contributed by atoms with Gasteiger partial charge in [0.25, 0.3) is 0 Å². The van der Waals surface area contributed by atoms with E-state index in [9.17, 15) is 8.42 Å². The van der Waals surface area contributed by atoms with E-state index in [1.54, 1.807) is 30.3 Å². The van der Waals surface area contributed by atoms with E-state index in [1.807, 2.05) is 13.0 Å². The summed E-state index contributed by atoms with van der Waals surface area (Å²) in [4.78, 5) is 4.73. The van der Waals surface area contributed by atoms with Crippen molar-refractivity contribution in [3.05, 3.63) is 47.9 Å². The lowest BCUT2D eigenvalue weighted by molar-refractivity contribution is 0.372. The summed E-state index contributed by atoms with van der Waals surface area (Å²) >= 11 is 0. The Hall–Kier alpha value is -2.39. The number of aromatic nitrogens is 1. The number of nitrogens with zero attached hydrogens (tertiary/aromatic N) is 2. The first-order valence-electron chi connectivity index (χ1n) is 10.0. The van der Waals surface area contributed by atoms with Gasteiger partial charge in [-0.25, -0.2) is 18.1 Å². The molecule has 0 aliphatic rings. The van der Waals surface area contributed by atoms with Gasteiger partial charge in [0.2, 0.25) is 10.0 Å². The Morgan fingerprint density at radius 2 is 1.83 bits per heavy atom. The maximum absolute atomic E-state index is 12.2. The number of sulfonamides is 1. The fourth-order valence-electron chi connectivity index (χ4n) is 2.85. The van der Waals surface area contributed by atoms with E-state index in [0.29, 0.717) is 37.3 Å². The van der Waals surface area contributed by atoms with Crippen LogP contribution in [0.15, 0.2) is 50.8 Å². The third-order valence-corrected chi connectivity index (χ3v) is 5.96. The molecule has 2 aromatic rings. The van der Waals surface area contributed by atoms with E-state index in [-0.39, 0.29) is 11.4 Å². The number of hydrogen-bond acceptors (Lipinski definition) is 5. The Bertz CT molecular complexity index is 861. The lowest BCUT2D eigenvalue weighted by Gasteiger charge is -2.11. The van der Waals surface area contributed by atoms with Gasteiger partial charge >= 0.3 is 0 Å². The van der Waals surface area contributed by atoms with Gasteiger partial charge < -0.3 is 15.2 Å². The number of hydrogen-bond donors (Lipinski definition) is 3. The number of benzene rings is 1. The van der Waals surface area contributed by atoms with Crippen LogP contribution in [0.4, 0.5) is 0 Å². The molecule has 0 atom stereocenters. The molecule has 1 aromatic heterocycles. The van der Waals surface area contributed by atoms with Gasteiger partial charge in [-0.05, 0) is 31.9 Å². The predicted octanol–water partition coefficient (Wildman–Crippen LogP) is 2.61. The molecule has 29 heavy (non-hydrogen) atoms. The van der Waals surface area contributed by atoms with Gasteiger partial charge in [-0.3, -0.25) is 0 Å². The Balaban J connectivity index is 1.86. The van der Waals surface area contributed by atoms with Crippen LogP contribution >= 0.6 is 0 Å². The third kappa shape index (κ3) is 7.17. The van der Waals surface area contributed by atoms with Crippen LogP contribution in [-0.2, 0) is 16.6 Å². The first-order valence-corrected chi connectivity index (χ1v) is 11.5. The van der Waals surface area contributed by atoms with Gasteiger partial charge in [0.05, 0.1) is 10.6 Å². The Morgan fingerprint density at radius 1 is 1.10 bits per heavy atom. The smallest absolute Gasteiger partial charge is 0.240 e. The van der Waals surface area contributed by atoms with Crippen molar-refractivity contribution in [2.45, 2.75) is 51.0 Å². The maximum Gasteiger partial charge on any atom is 0.240 e.